The predicted molar refractivity (Wildman–Crippen MR) is 63.3 cm³/mol. The predicted octanol–water partition coefficient (Wildman–Crippen LogP) is 1.09. The van der Waals surface area contributed by atoms with Gasteiger partial charge < -0.3 is 14.6 Å². The van der Waals surface area contributed by atoms with Crippen molar-refractivity contribution in [1.82, 2.24) is 14.9 Å². The number of aromatic nitrogens is 2. The van der Waals surface area contributed by atoms with Crippen molar-refractivity contribution in [3.8, 4) is 0 Å². The van der Waals surface area contributed by atoms with Crippen LogP contribution in [0.3, 0.4) is 0 Å². The Hall–Kier alpha value is -1.36. The van der Waals surface area contributed by atoms with Crippen molar-refractivity contribution in [2.24, 2.45) is 0 Å². The summed E-state index contributed by atoms with van der Waals surface area (Å²) in [5, 5.41) is 3.38. The van der Waals surface area contributed by atoms with Crippen LogP contribution in [-0.4, -0.2) is 27.7 Å². The molecule has 0 unspecified atom stereocenters. The molecule has 17 heavy (non-hydrogen) atoms. The van der Waals surface area contributed by atoms with Crippen LogP contribution in [0, 0.1) is 0 Å². The van der Waals surface area contributed by atoms with Crippen LogP contribution in [0.25, 0.3) is 0 Å². The van der Waals surface area contributed by atoms with E-state index in [0.717, 1.165) is 5.82 Å². The first-order chi connectivity index (χ1) is 8.15. The van der Waals surface area contributed by atoms with Gasteiger partial charge in [0.2, 0.25) is 0 Å². The van der Waals surface area contributed by atoms with Crippen molar-refractivity contribution in [2.75, 3.05) is 0 Å². The Kier molecular flexibility index (Phi) is 3.78. The first kappa shape index (κ1) is 12.1. The topological polar surface area (TPSA) is 56.2 Å². The minimum atomic E-state index is -0.217. The molecule has 2 rings (SSSR count). The normalized spacial score (nSPS) is 15.2. The molecule has 0 amide bonds. The van der Waals surface area contributed by atoms with Crippen LogP contribution in [0.5, 0.6) is 0 Å². The van der Waals surface area contributed by atoms with Crippen LogP contribution < -0.4 is 5.32 Å². The third-order valence-corrected chi connectivity index (χ3v) is 2.59. The summed E-state index contributed by atoms with van der Waals surface area (Å²) in [7, 11) is 0. The molecule has 1 aliphatic rings. The van der Waals surface area contributed by atoms with Gasteiger partial charge in [-0.1, -0.05) is 0 Å². The molecule has 1 heterocycles. The van der Waals surface area contributed by atoms with Crippen LogP contribution in [-0.2, 0) is 22.6 Å². The molecule has 0 atom stereocenters. The number of hydrogen-bond donors (Lipinski definition) is 1. The molecule has 1 fully saturated rings. The van der Waals surface area contributed by atoms with Gasteiger partial charge in [0.15, 0.2) is 0 Å². The van der Waals surface area contributed by atoms with Crippen LogP contribution in [0.1, 0.15) is 32.5 Å². The van der Waals surface area contributed by atoms with Gasteiger partial charge in [-0.2, -0.15) is 0 Å². The highest BCUT2D eigenvalue weighted by Crippen LogP contribution is 2.19. The SMILES string of the molecule is CC(C)OC(=O)Cn1ccnc1CNC1CC1. The molecule has 0 spiro atoms. The summed E-state index contributed by atoms with van der Waals surface area (Å²) in [5.74, 6) is 0.670. The number of hydrogen-bond acceptors (Lipinski definition) is 4. The Bertz CT molecular complexity index is 383. The maximum Gasteiger partial charge on any atom is 0.326 e. The maximum atomic E-state index is 11.5. The summed E-state index contributed by atoms with van der Waals surface area (Å²) in [6, 6.07) is 0.641. The third kappa shape index (κ3) is 3.85. The van der Waals surface area contributed by atoms with Gasteiger partial charge >= 0.3 is 5.97 Å². The van der Waals surface area contributed by atoms with E-state index in [4.69, 9.17) is 4.74 Å². The lowest BCUT2D eigenvalue weighted by molar-refractivity contribution is -0.148. The molecule has 0 saturated heterocycles. The third-order valence-electron chi connectivity index (χ3n) is 2.59. The number of carbonyl (C=O) groups is 1. The van der Waals surface area contributed by atoms with Crippen molar-refractivity contribution in [3.05, 3.63) is 18.2 Å². The fraction of sp³-hybridized carbons (Fsp3) is 0.667. The van der Waals surface area contributed by atoms with E-state index in [9.17, 15) is 4.79 Å². The summed E-state index contributed by atoms with van der Waals surface area (Å²) in [5.41, 5.74) is 0. The Morgan fingerprint density at radius 2 is 2.41 bits per heavy atom. The molecule has 1 aromatic rings. The van der Waals surface area contributed by atoms with Crippen molar-refractivity contribution in [3.63, 3.8) is 0 Å². The number of esters is 1. The summed E-state index contributed by atoms with van der Waals surface area (Å²) in [4.78, 5) is 15.8. The molecule has 1 aromatic heterocycles. The summed E-state index contributed by atoms with van der Waals surface area (Å²) in [6.45, 7) is 4.65. The Labute approximate surface area is 101 Å². The second-order valence-corrected chi connectivity index (χ2v) is 4.67. The Morgan fingerprint density at radius 1 is 1.65 bits per heavy atom. The molecule has 5 heteroatoms. The second-order valence-electron chi connectivity index (χ2n) is 4.67. The van der Waals surface area contributed by atoms with Gasteiger partial charge in [-0.3, -0.25) is 4.79 Å². The largest absolute Gasteiger partial charge is 0.462 e. The molecular formula is C12H19N3O2. The van der Waals surface area contributed by atoms with Crippen molar-refractivity contribution in [1.29, 1.82) is 0 Å². The first-order valence-electron chi connectivity index (χ1n) is 6.08. The molecule has 0 bridgehead atoms. The van der Waals surface area contributed by atoms with Crippen molar-refractivity contribution < 1.29 is 9.53 Å². The van der Waals surface area contributed by atoms with Crippen molar-refractivity contribution >= 4 is 5.97 Å². The van der Waals surface area contributed by atoms with Gasteiger partial charge in [-0.05, 0) is 26.7 Å². The van der Waals surface area contributed by atoms with E-state index in [0.29, 0.717) is 12.6 Å². The van der Waals surface area contributed by atoms with E-state index in [-0.39, 0.29) is 18.6 Å². The van der Waals surface area contributed by atoms with E-state index in [2.05, 4.69) is 10.3 Å². The van der Waals surface area contributed by atoms with E-state index < -0.39 is 0 Å². The number of rotatable bonds is 6. The highest BCUT2D eigenvalue weighted by Gasteiger charge is 2.21. The number of ether oxygens (including phenoxy) is 1. The van der Waals surface area contributed by atoms with E-state index in [1.807, 2.05) is 24.6 Å². The quantitative estimate of drug-likeness (QED) is 0.752. The average molecular weight is 237 g/mol. The van der Waals surface area contributed by atoms with Crippen LogP contribution in [0.15, 0.2) is 12.4 Å². The molecule has 1 saturated carbocycles. The number of nitrogens with zero attached hydrogens (tertiary/aromatic N) is 2. The van der Waals surface area contributed by atoms with Crippen LogP contribution in [0.2, 0.25) is 0 Å². The minimum absolute atomic E-state index is 0.0703. The zero-order valence-corrected chi connectivity index (χ0v) is 10.3. The van der Waals surface area contributed by atoms with Gasteiger partial charge in [0.1, 0.15) is 12.4 Å². The number of carbonyl (C=O) groups excluding carboxylic acids is 1. The van der Waals surface area contributed by atoms with Gasteiger partial charge in [-0.15, -0.1) is 0 Å². The Morgan fingerprint density at radius 3 is 3.06 bits per heavy atom. The standard InChI is InChI=1S/C12H19N3O2/c1-9(2)17-12(16)8-15-6-5-13-11(15)7-14-10-3-4-10/h5-6,9-10,14H,3-4,7-8H2,1-2H3. The number of imidazole rings is 1. The second kappa shape index (κ2) is 5.31. The monoisotopic (exact) mass is 237 g/mol. The van der Waals surface area contributed by atoms with Gasteiger partial charge in [0.05, 0.1) is 12.6 Å². The highest BCUT2D eigenvalue weighted by molar-refractivity contribution is 5.69. The summed E-state index contributed by atoms with van der Waals surface area (Å²) in [6.07, 6.45) is 5.95. The average Bonchev–Trinajstić information content (AvgIpc) is 2.96. The van der Waals surface area contributed by atoms with E-state index in [1.165, 1.54) is 12.8 Å². The van der Waals surface area contributed by atoms with Crippen molar-refractivity contribution in [2.45, 2.75) is 51.9 Å². The summed E-state index contributed by atoms with van der Waals surface area (Å²) < 4.78 is 6.94. The van der Waals surface area contributed by atoms with Gasteiger partial charge in [0, 0.05) is 18.4 Å². The van der Waals surface area contributed by atoms with Gasteiger partial charge in [0.25, 0.3) is 0 Å². The lowest BCUT2D eigenvalue weighted by atomic mass is 10.4. The molecule has 0 aromatic carbocycles. The fourth-order valence-electron chi connectivity index (χ4n) is 1.61. The van der Waals surface area contributed by atoms with Crippen LogP contribution in [0.4, 0.5) is 0 Å². The zero-order valence-electron chi connectivity index (χ0n) is 10.3. The first-order valence-corrected chi connectivity index (χ1v) is 6.08. The molecule has 94 valence electrons. The van der Waals surface area contributed by atoms with Crippen LogP contribution >= 0.6 is 0 Å². The molecule has 5 nitrogen and oxygen atoms in total. The smallest absolute Gasteiger partial charge is 0.326 e. The van der Waals surface area contributed by atoms with Gasteiger partial charge in [-0.25, -0.2) is 4.98 Å². The number of nitrogens with one attached hydrogen (secondary N) is 1. The maximum absolute atomic E-state index is 11.5. The van der Waals surface area contributed by atoms with E-state index >= 15 is 0 Å². The zero-order chi connectivity index (χ0) is 12.3. The lowest BCUT2D eigenvalue weighted by Crippen LogP contribution is -2.22. The lowest BCUT2D eigenvalue weighted by Gasteiger charge is -2.10. The molecule has 1 aliphatic carbocycles. The fourth-order valence-corrected chi connectivity index (χ4v) is 1.61. The summed E-state index contributed by atoms with van der Waals surface area (Å²) >= 11 is 0. The molecule has 1 N–H and O–H groups in total. The highest BCUT2D eigenvalue weighted by atomic mass is 16.5. The molecular weight excluding hydrogens is 218 g/mol. The minimum Gasteiger partial charge on any atom is -0.462 e. The van der Waals surface area contributed by atoms with E-state index in [1.54, 1.807) is 6.20 Å². The Balaban J connectivity index is 1.86. The molecule has 0 aliphatic heterocycles. The molecule has 0 radical (unpaired) electrons.